The third-order valence-electron chi connectivity index (χ3n) is 5.45. The average Bonchev–Trinajstić information content (AvgIpc) is 3.20. The van der Waals surface area contributed by atoms with Gasteiger partial charge >= 0.3 is 5.97 Å². The van der Waals surface area contributed by atoms with E-state index in [9.17, 15) is 14.7 Å². The summed E-state index contributed by atoms with van der Waals surface area (Å²) in [6.07, 6.45) is 5.87. The van der Waals surface area contributed by atoms with E-state index in [1.807, 2.05) is 10.7 Å². The molecule has 0 saturated carbocycles. The maximum absolute atomic E-state index is 12.4. The second kappa shape index (κ2) is 11.4. The molecule has 3 rings (SSSR count). The lowest BCUT2D eigenvalue weighted by Gasteiger charge is -2.08. The van der Waals surface area contributed by atoms with Crippen molar-refractivity contribution in [3.63, 3.8) is 0 Å². The number of unbranched alkanes of at least 4 members (excludes halogenated alkanes) is 2. The monoisotopic (exact) mass is 433 g/mol. The highest BCUT2D eigenvalue weighted by Gasteiger charge is 2.16. The molecule has 32 heavy (non-hydrogen) atoms. The number of aromatic nitrogens is 3. The highest BCUT2D eigenvalue weighted by atomic mass is 16.4. The molecule has 3 aromatic rings. The summed E-state index contributed by atoms with van der Waals surface area (Å²) < 4.78 is 1.86. The van der Waals surface area contributed by atoms with Gasteiger partial charge in [-0.15, -0.1) is 5.10 Å². The van der Waals surface area contributed by atoms with Gasteiger partial charge in [0.25, 0.3) is 0 Å². The van der Waals surface area contributed by atoms with Crippen molar-refractivity contribution in [2.45, 2.75) is 65.3 Å². The Labute approximate surface area is 189 Å². The fourth-order valence-corrected chi connectivity index (χ4v) is 3.57. The van der Waals surface area contributed by atoms with Crippen LogP contribution < -0.4 is 0 Å². The topological polar surface area (TPSA) is 85.1 Å². The highest BCUT2D eigenvalue weighted by molar-refractivity contribution is 5.92. The van der Waals surface area contributed by atoms with E-state index in [1.54, 1.807) is 18.2 Å². The number of aryl methyl sites for hydroxylation is 1. The van der Waals surface area contributed by atoms with Crippen molar-refractivity contribution in [1.29, 1.82) is 0 Å². The number of hydrogen-bond acceptors (Lipinski definition) is 4. The molecule has 168 valence electrons. The fraction of sp³-hybridized carbons (Fsp3) is 0.385. The van der Waals surface area contributed by atoms with E-state index in [0.717, 1.165) is 54.6 Å². The van der Waals surface area contributed by atoms with E-state index < -0.39 is 5.97 Å². The molecule has 0 radical (unpaired) electrons. The lowest BCUT2D eigenvalue weighted by atomic mass is 10.0. The van der Waals surface area contributed by atoms with Gasteiger partial charge in [0.05, 0.1) is 12.1 Å². The normalized spacial score (nSPS) is 10.9. The lowest BCUT2D eigenvalue weighted by Crippen LogP contribution is -2.08. The summed E-state index contributed by atoms with van der Waals surface area (Å²) in [4.78, 5) is 28.1. The summed E-state index contributed by atoms with van der Waals surface area (Å²) in [7, 11) is 0. The molecule has 0 saturated heterocycles. The van der Waals surface area contributed by atoms with Gasteiger partial charge in [-0.1, -0.05) is 63.1 Å². The number of carbonyl (C=O) groups is 2. The van der Waals surface area contributed by atoms with Gasteiger partial charge in [0, 0.05) is 12.8 Å². The van der Waals surface area contributed by atoms with Crippen molar-refractivity contribution in [1.82, 2.24) is 14.8 Å². The summed E-state index contributed by atoms with van der Waals surface area (Å²) in [6, 6.07) is 15.2. The van der Waals surface area contributed by atoms with E-state index in [1.165, 1.54) is 0 Å². The van der Waals surface area contributed by atoms with Crippen molar-refractivity contribution in [3.05, 3.63) is 82.4 Å². The number of carboxylic acids is 1. The van der Waals surface area contributed by atoms with Crippen LogP contribution in [0.2, 0.25) is 0 Å². The molecule has 0 aliphatic heterocycles. The second-order valence-corrected chi connectivity index (χ2v) is 8.14. The number of nitrogens with zero attached hydrogens (tertiary/aromatic N) is 3. The van der Waals surface area contributed by atoms with Gasteiger partial charge in [-0.2, -0.15) is 0 Å². The smallest absolute Gasteiger partial charge is 0.335 e. The van der Waals surface area contributed by atoms with Gasteiger partial charge in [0.15, 0.2) is 0 Å². The third kappa shape index (κ3) is 6.36. The van der Waals surface area contributed by atoms with Crippen LogP contribution in [0.25, 0.3) is 0 Å². The molecule has 2 aromatic carbocycles. The first-order valence-corrected chi connectivity index (χ1v) is 11.4. The van der Waals surface area contributed by atoms with Crippen molar-refractivity contribution in [3.8, 4) is 0 Å². The van der Waals surface area contributed by atoms with Crippen LogP contribution in [0.4, 0.5) is 0 Å². The van der Waals surface area contributed by atoms with Crippen molar-refractivity contribution in [2.24, 2.45) is 0 Å². The number of aromatic carboxylic acids is 1. The van der Waals surface area contributed by atoms with E-state index in [0.29, 0.717) is 30.8 Å². The van der Waals surface area contributed by atoms with Gasteiger partial charge in [0.1, 0.15) is 5.82 Å². The molecule has 0 spiro atoms. The van der Waals surface area contributed by atoms with E-state index >= 15 is 0 Å². The maximum atomic E-state index is 12.4. The molecular formula is C26H31N3O3. The summed E-state index contributed by atoms with van der Waals surface area (Å²) >= 11 is 0. The van der Waals surface area contributed by atoms with Crippen LogP contribution in [0.1, 0.15) is 89.4 Å². The van der Waals surface area contributed by atoms with Crippen molar-refractivity contribution in [2.75, 3.05) is 0 Å². The van der Waals surface area contributed by atoms with E-state index in [2.05, 4.69) is 48.2 Å². The molecule has 0 unspecified atom stereocenters. The maximum Gasteiger partial charge on any atom is 0.335 e. The summed E-state index contributed by atoms with van der Waals surface area (Å²) in [5.41, 5.74) is 3.46. The first-order valence-electron chi connectivity index (χ1n) is 11.4. The quantitative estimate of drug-likeness (QED) is 0.390. The summed E-state index contributed by atoms with van der Waals surface area (Å²) in [5.74, 6) is 0.296. The van der Waals surface area contributed by atoms with Crippen LogP contribution in [0.5, 0.6) is 0 Å². The Morgan fingerprint density at radius 1 is 0.938 bits per heavy atom. The van der Waals surface area contributed by atoms with Crippen molar-refractivity contribution >= 4 is 11.8 Å². The molecule has 1 aromatic heterocycles. The Morgan fingerprint density at radius 3 is 2.34 bits per heavy atom. The molecule has 0 aliphatic rings. The van der Waals surface area contributed by atoms with E-state index in [-0.39, 0.29) is 5.78 Å². The van der Waals surface area contributed by atoms with Crippen LogP contribution in [0, 0.1) is 0 Å². The first kappa shape index (κ1) is 23.4. The second-order valence-electron chi connectivity index (χ2n) is 8.14. The van der Waals surface area contributed by atoms with Gasteiger partial charge < -0.3 is 5.11 Å². The number of carboxylic acid groups (broad SMARTS) is 1. The van der Waals surface area contributed by atoms with Crippen LogP contribution >= 0.6 is 0 Å². The van der Waals surface area contributed by atoms with Gasteiger partial charge in [-0.25, -0.2) is 14.5 Å². The average molecular weight is 434 g/mol. The fourth-order valence-electron chi connectivity index (χ4n) is 3.57. The number of hydrogen-bond donors (Lipinski definition) is 1. The minimum absolute atomic E-state index is 0.0160. The number of benzene rings is 2. The van der Waals surface area contributed by atoms with E-state index in [4.69, 9.17) is 0 Å². The molecular weight excluding hydrogens is 402 g/mol. The SMILES string of the molecule is CCCCC(=O)c1nc(CCCC)n(Cc2ccc(Cc3cccc(C(=O)O)c3)cc2)n1. The molecule has 0 fully saturated rings. The predicted octanol–water partition coefficient (Wildman–Crippen LogP) is 5.33. The van der Waals surface area contributed by atoms with Gasteiger partial charge in [0.2, 0.25) is 11.6 Å². The number of Topliss-reactive ketones (excluding diaryl/α,β-unsaturated/α-hetero) is 1. The minimum atomic E-state index is -0.915. The van der Waals surface area contributed by atoms with Gasteiger partial charge in [-0.05, 0) is 48.1 Å². The standard InChI is InChI=1S/C26H31N3O3/c1-3-5-10-23(30)25-27-24(11-6-4-2)29(28-25)18-20-14-12-19(13-15-20)16-21-8-7-9-22(17-21)26(31)32/h7-9,12-15,17H,3-6,10-11,16,18H2,1-2H3,(H,31,32). The lowest BCUT2D eigenvalue weighted by molar-refractivity contribution is 0.0696. The van der Waals surface area contributed by atoms with Crippen LogP contribution in [0.15, 0.2) is 48.5 Å². The largest absolute Gasteiger partial charge is 0.478 e. The molecule has 0 bridgehead atoms. The molecule has 1 N–H and O–H groups in total. The molecule has 6 heteroatoms. The summed E-state index contributed by atoms with van der Waals surface area (Å²) in [5, 5.41) is 13.7. The molecule has 0 aliphatic carbocycles. The Hall–Kier alpha value is -3.28. The van der Waals surface area contributed by atoms with Crippen LogP contribution in [-0.2, 0) is 19.4 Å². The number of carbonyl (C=O) groups excluding carboxylic acids is 1. The third-order valence-corrected chi connectivity index (χ3v) is 5.45. The molecule has 1 heterocycles. The highest BCUT2D eigenvalue weighted by Crippen LogP contribution is 2.15. The number of ketones is 1. The van der Waals surface area contributed by atoms with Crippen LogP contribution in [0.3, 0.4) is 0 Å². The van der Waals surface area contributed by atoms with Gasteiger partial charge in [-0.3, -0.25) is 4.79 Å². The Bertz CT molecular complexity index is 1050. The summed E-state index contributed by atoms with van der Waals surface area (Å²) in [6.45, 7) is 4.78. The first-order chi connectivity index (χ1) is 15.5. The minimum Gasteiger partial charge on any atom is -0.478 e. The molecule has 6 nitrogen and oxygen atoms in total. The Kier molecular flexibility index (Phi) is 8.31. The zero-order valence-corrected chi connectivity index (χ0v) is 18.9. The Morgan fingerprint density at radius 2 is 1.66 bits per heavy atom. The van der Waals surface area contributed by atoms with Crippen LogP contribution in [-0.4, -0.2) is 31.6 Å². The Balaban J connectivity index is 1.72. The van der Waals surface area contributed by atoms with Crippen molar-refractivity contribution < 1.29 is 14.7 Å². The zero-order chi connectivity index (χ0) is 22.9. The predicted molar refractivity (Wildman–Crippen MR) is 124 cm³/mol. The molecule has 0 amide bonds. The number of rotatable bonds is 12. The zero-order valence-electron chi connectivity index (χ0n) is 18.9. The molecule has 0 atom stereocenters.